The Hall–Kier alpha value is -6.16. The van der Waals surface area contributed by atoms with Gasteiger partial charge in [-0.15, -0.1) is 0 Å². The highest BCUT2D eigenvalue weighted by molar-refractivity contribution is 7.79. The van der Waals surface area contributed by atoms with Crippen molar-refractivity contribution in [3.8, 4) is 81.9 Å². The highest BCUT2D eigenvalue weighted by Crippen LogP contribution is 2.33. The van der Waals surface area contributed by atoms with Crippen LogP contribution in [0.3, 0.4) is 0 Å². The summed E-state index contributed by atoms with van der Waals surface area (Å²) in [4.78, 5) is 0. The first kappa shape index (κ1) is 50.8. The zero-order valence-electron chi connectivity index (χ0n) is 39.3. The van der Waals surface area contributed by atoms with E-state index < -0.39 is 0 Å². The van der Waals surface area contributed by atoms with Crippen LogP contribution in [0.15, 0.2) is 84.9 Å². The molecule has 0 heterocycles. The van der Waals surface area contributed by atoms with Gasteiger partial charge >= 0.3 is 0 Å². The van der Waals surface area contributed by atoms with Crippen LogP contribution in [-0.2, 0) is 11.5 Å². The molecule has 5 aromatic rings. The van der Waals surface area contributed by atoms with E-state index in [-0.39, 0.29) is 0 Å². The Balaban J connectivity index is 1.61. The van der Waals surface area contributed by atoms with Crippen LogP contribution >= 0.6 is 25.3 Å². The SMILES string of the molecule is CCCOc1cc(C#Cc2cc(OCCC)c(C#Cc3cc(OCCC)c(C#Cc4ccc(CS)cc4)cc3OCCC)cc2OCCC)c(OCCC)cc1C#Cc1ccc(CS)cc1. The minimum atomic E-state index is 0.496. The fourth-order valence-corrected chi connectivity index (χ4v) is 6.61. The van der Waals surface area contributed by atoms with Gasteiger partial charge in [-0.05, 0) is 73.9 Å². The molecular formula is C58H62O6S2. The Morgan fingerprint density at radius 3 is 0.682 bits per heavy atom. The summed E-state index contributed by atoms with van der Waals surface area (Å²) in [5, 5.41) is 0. The highest BCUT2D eigenvalue weighted by Gasteiger charge is 2.15. The van der Waals surface area contributed by atoms with Gasteiger partial charge in [-0.2, -0.15) is 25.3 Å². The summed E-state index contributed by atoms with van der Waals surface area (Å²) >= 11 is 8.77. The molecule has 0 aliphatic heterocycles. The number of hydrogen-bond acceptors (Lipinski definition) is 8. The largest absolute Gasteiger partial charge is 0.492 e. The molecule has 0 spiro atoms. The van der Waals surface area contributed by atoms with E-state index in [1.807, 2.05) is 84.9 Å². The van der Waals surface area contributed by atoms with E-state index in [0.717, 1.165) is 71.9 Å². The van der Waals surface area contributed by atoms with Gasteiger partial charge in [0, 0.05) is 59.0 Å². The zero-order valence-corrected chi connectivity index (χ0v) is 41.1. The summed E-state index contributed by atoms with van der Waals surface area (Å²) in [7, 11) is 0. The van der Waals surface area contributed by atoms with Gasteiger partial charge < -0.3 is 28.4 Å². The van der Waals surface area contributed by atoms with E-state index in [2.05, 4.69) is 114 Å². The summed E-state index contributed by atoms with van der Waals surface area (Å²) in [6.07, 6.45) is 4.97. The molecule has 0 N–H and O–H groups in total. The third-order valence-electron chi connectivity index (χ3n) is 9.64. The lowest BCUT2D eigenvalue weighted by molar-refractivity contribution is 0.307. The van der Waals surface area contributed by atoms with E-state index in [9.17, 15) is 0 Å². The molecule has 0 radical (unpaired) electrons. The van der Waals surface area contributed by atoms with Crippen molar-refractivity contribution >= 4 is 25.3 Å². The lowest BCUT2D eigenvalue weighted by Crippen LogP contribution is -2.03. The van der Waals surface area contributed by atoms with Crippen LogP contribution in [0.25, 0.3) is 0 Å². The topological polar surface area (TPSA) is 55.4 Å². The predicted molar refractivity (Wildman–Crippen MR) is 276 cm³/mol. The molecule has 0 atom stereocenters. The lowest BCUT2D eigenvalue weighted by atomic mass is 10.0. The fraction of sp³-hybridized carbons (Fsp3) is 0.345. The van der Waals surface area contributed by atoms with Crippen LogP contribution < -0.4 is 28.4 Å². The van der Waals surface area contributed by atoms with Crippen LogP contribution in [0.5, 0.6) is 34.5 Å². The lowest BCUT2D eigenvalue weighted by Gasteiger charge is -2.14. The summed E-state index contributed by atoms with van der Waals surface area (Å²) in [6.45, 7) is 15.6. The van der Waals surface area contributed by atoms with Crippen LogP contribution in [-0.4, -0.2) is 39.6 Å². The van der Waals surface area contributed by atoms with Crippen molar-refractivity contribution in [2.24, 2.45) is 0 Å². The fourth-order valence-electron chi connectivity index (χ4n) is 6.19. The average molecular weight is 919 g/mol. The maximum Gasteiger partial charge on any atom is 0.136 e. The van der Waals surface area contributed by atoms with Gasteiger partial charge in [0.05, 0.1) is 73.0 Å². The Morgan fingerprint density at radius 1 is 0.303 bits per heavy atom. The number of benzene rings is 5. The molecule has 0 saturated carbocycles. The minimum absolute atomic E-state index is 0.496. The monoisotopic (exact) mass is 918 g/mol. The van der Waals surface area contributed by atoms with Gasteiger partial charge in [0.25, 0.3) is 0 Å². The molecule has 0 aromatic heterocycles. The Kier molecular flexibility index (Phi) is 21.6. The van der Waals surface area contributed by atoms with E-state index >= 15 is 0 Å². The zero-order chi connectivity index (χ0) is 46.9. The maximum atomic E-state index is 6.37. The Labute approximate surface area is 405 Å². The quantitative estimate of drug-likeness (QED) is 0.0599. The molecule has 0 bridgehead atoms. The van der Waals surface area contributed by atoms with Crippen molar-refractivity contribution in [3.63, 3.8) is 0 Å². The number of rotatable bonds is 20. The van der Waals surface area contributed by atoms with Crippen LogP contribution in [0.4, 0.5) is 0 Å². The molecule has 0 amide bonds. The standard InChI is InChI=1S/C58H62O6S2/c1-7-29-59-53-37-49(55(61-31-9-3)35-47(53)23-21-43-13-17-45(41-65)18-14-43)25-27-51-39-58(64-34-12-6)52(40-57(51)63-33-11-5)28-26-50-38-54(60-30-8-2)48(36-56(50)62-32-10-4)24-22-44-15-19-46(42-66)20-16-44/h13-20,35-40,65-66H,7-12,29-34,41-42H2,1-6H3. The van der Waals surface area contributed by atoms with Crippen molar-refractivity contribution in [1.29, 1.82) is 0 Å². The number of thiol groups is 2. The first-order valence-corrected chi connectivity index (χ1v) is 24.4. The molecule has 5 rings (SSSR count). The van der Waals surface area contributed by atoms with Gasteiger partial charge in [0.2, 0.25) is 0 Å². The summed E-state index contributed by atoms with van der Waals surface area (Å²) in [5.74, 6) is 32.0. The normalized spacial score (nSPS) is 10.2. The van der Waals surface area contributed by atoms with Crippen molar-refractivity contribution < 1.29 is 28.4 Å². The van der Waals surface area contributed by atoms with Gasteiger partial charge in [-0.1, -0.05) is 113 Å². The van der Waals surface area contributed by atoms with Crippen molar-refractivity contribution in [2.45, 2.75) is 91.6 Å². The number of hydrogen-bond donors (Lipinski definition) is 2. The molecule has 66 heavy (non-hydrogen) atoms. The van der Waals surface area contributed by atoms with E-state index in [0.29, 0.717) is 108 Å². The second-order valence-corrected chi connectivity index (χ2v) is 16.0. The second kappa shape index (κ2) is 28.0. The van der Waals surface area contributed by atoms with E-state index in [4.69, 9.17) is 28.4 Å². The third kappa shape index (κ3) is 15.5. The molecule has 0 aliphatic carbocycles. The van der Waals surface area contributed by atoms with Crippen LogP contribution in [0, 0.1) is 47.4 Å². The Morgan fingerprint density at radius 2 is 0.500 bits per heavy atom. The molecule has 342 valence electrons. The van der Waals surface area contributed by atoms with Gasteiger partial charge in [-0.3, -0.25) is 0 Å². The molecule has 8 heteroatoms. The average Bonchev–Trinajstić information content (AvgIpc) is 3.35. The number of ether oxygens (including phenoxy) is 6. The third-order valence-corrected chi connectivity index (χ3v) is 10.4. The first-order valence-electron chi connectivity index (χ1n) is 23.1. The smallest absolute Gasteiger partial charge is 0.136 e. The first-order chi connectivity index (χ1) is 32.4. The minimum Gasteiger partial charge on any atom is -0.492 e. The summed E-state index contributed by atoms with van der Waals surface area (Å²) in [6, 6.07) is 27.7. The summed E-state index contributed by atoms with van der Waals surface area (Å²) in [5.41, 5.74) is 8.22. The molecule has 0 aliphatic rings. The van der Waals surface area contributed by atoms with Crippen molar-refractivity contribution in [1.82, 2.24) is 0 Å². The van der Waals surface area contributed by atoms with Crippen LogP contribution in [0.1, 0.15) is 136 Å². The molecule has 0 unspecified atom stereocenters. The molecule has 6 nitrogen and oxygen atoms in total. The predicted octanol–water partition coefficient (Wildman–Crippen LogP) is 12.9. The van der Waals surface area contributed by atoms with Crippen LogP contribution in [0.2, 0.25) is 0 Å². The van der Waals surface area contributed by atoms with Gasteiger partial charge in [0.15, 0.2) is 0 Å². The molecular weight excluding hydrogens is 857 g/mol. The molecule has 0 saturated heterocycles. The molecule has 0 fully saturated rings. The summed E-state index contributed by atoms with van der Waals surface area (Å²) < 4.78 is 37.9. The Bertz CT molecular complexity index is 2420. The van der Waals surface area contributed by atoms with Crippen molar-refractivity contribution in [2.75, 3.05) is 39.6 Å². The second-order valence-electron chi connectivity index (χ2n) is 15.3. The highest BCUT2D eigenvalue weighted by atomic mass is 32.1. The maximum absolute atomic E-state index is 6.37. The van der Waals surface area contributed by atoms with E-state index in [1.54, 1.807) is 0 Å². The van der Waals surface area contributed by atoms with Gasteiger partial charge in [0.1, 0.15) is 34.5 Å². The van der Waals surface area contributed by atoms with E-state index in [1.165, 1.54) is 0 Å². The molecule has 5 aromatic carbocycles. The van der Waals surface area contributed by atoms with Crippen molar-refractivity contribution in [3.05, 3.63) is 141 Å². The van der Waals surface area contributed by atoms with Gasteiger partial charge in [-0.25, -0.2) is 0 Å².